The molecule has 0 radical (unpaired) electrons. The predicted octanol–water partition coefficient (Wildman–Crippen LogP) is 16.0. The zero-order chi connectivity index (χ0) is 37.0. The first-order valence-electron chi connectivity index (χ1n) is 19.2. The van der Waals surface area contributed by atoms with Crippen LogP contribution in [0.1, 0.15) is 0 Å². The van der Waals surface area contributed by atoms with Gasteiger partial charge in [-0.15, -0.1) is 11.3 Å². The third-order valence-corrected chi connectivity index (χ3v) is 12.4. The molecule has 56 heavy (non-hydrogen) atoms. The Morgan fingerprint density at radius 2 is 0.804 bits per heavy atom. The predicted molar refractivity (Wildman–Crippen MR) is 243 cm³/mol. The topological polar surface area (TPSA) is 3.24 Å². The number of thiophene rings is 1. The summed E-state index contributed by atoms with van der Waals surface area (Å²) in [6.07, 6.45) is 0. The second-order valence-electron chi connectivity index (χ2n) is 14.5. The first-order chi connectivity index (χ1) is 27.7. The molecule has 0 aliphatic carbocycles. The Labute approximate surface area is 330 Å². The lowest BCUT2D eigenvalue weighted by molar-refractivity contribution is 1.28. The fourth-order valence-electron chi connectivity index (χ4n) is 8.50. The summed E-state index contributed by atoms with van der Waals surface area (Å²) in [4.78, 5) is 2.36. The van der Waals surface area contributed by atoms with Gasteiger partial charge < -0.3 is 4.90 Å². The van der Waals surface area contributed by atoms with Crippen LogP contribution in [0.25, 0.3) is 85.9 Å². The summed E-state index contributed by atoms with van der Waals surface area (Å²) >= 11 is 1.86. The van der Waals surface area contributed by atoms with Gasteiger partial charge in [-0.25, -0.2) is 0 Å². The molecule has 10 aromatic carbocycles. The van der Waals surface area contributed by atoms with Gasteiger partial charge in [-0.05, 0) is 120 Å². The van der Waals surface area contributed by atoms with Crippen LogP contribution in [0, 0.1) is 0 Å². The molecule has 262 valence electrons. The summed E-state index contributed by atoms with van der Waals surface area (Å²) < 4.78 is 2.65. The van der Waals surface area contributed by atoms with E-state index in [0.717, 1.165) is 17.1 Å². The molecular formula is C54H35NS. The van der Waals surface area contributed by atoms with Crippen LogP contribution in [0.15, 0.2) is 212 Å². The summed E-state index contributed by atoms with van der Waals surface area (Å²) in [6.45, 7) is 0. The van der Waals surface area contributed by atoms with Crippen LogP contribution in [0.3, 0.4) is 0 Å². The second-order valence-corrected chi connectivity index (χ2v) is 15.6. The van der Waals surface area contributed by atoms with Gasteiger partial charge in [-0.2, -0.15) is 0 Å². The van der Waals surface area contributed by atoms with Crippen LogP contribution in [0.5, 0.6) is 0 Å². The number of hydrogen-bond donors (Lipinski definition) is 0. The third kappa shape index (κ3) is 5.54. The highest BCUT2D eigenvalue weighted by Gasteiger charge is 2.16. The molecule has 0 bridgehead atoms. The average Bonchev–Trinajstić information content (AvgIpc) is 3.66. The monoisotopic (exact) mass is 729 g/mol. The molecular weight excluding hydrogens is 695 g/mol. The van der Waals surface area contributed by atoms with Crippen molar-refractivity contribution in [2.45, 2.75) is 0 Å². The third-order valence-electron chi connectivity index (χ3n) is 11.3. The Balaban J connectivity index is 0.981. The summed E-state index contributed by atoms with van der Waals surface area (Å²) in [6, 6.07) is 77.6. The molecule has 0 unspecified atom stereocenters. The van der Waals surface area contributed by atoms with Gasteiger partial charge in [0.1, 0.15) is 0 Å². The molecule has 11 aromatic rings. The van der Waals surface area contributed by atoms with Gasteiger partial charge in [0.15, 0.2) is 0 Å². The molecule has 1 aromatic heterocycles. The van der Waals surface area contributed by atoms with E-state index in [-0.39, 0.29) is 0 Å². The minimum absolute atomic E-state index is 1.11. The van der Waals surface area contributed by atoms with Gasteiger partial charge in [-0.3, -0.25) is 0 Å². The van der Waals surface area contributed by atoms with E-state index in [1.807, 2.05) is 11.3 Å². The van der Waals surface area contributed by atoms with Crippen LogP contribution >= 0.6 is 11.3 Å². The normalized spacial score (nSPS) is 11.6. The molecule has 0 fully saturated rings. The Morgan fingerprint density at radius 3 is 1.54 bits per heavy atom. The van der Waals surface area contributed by atoms with Crippen molar-refractivity contribution in [1.29, 1.82) is 0 Å². The molecule has 1 nitrogen and oxygen atoms in total. The number of anilines is 3. The maximum Gasteiger partial charge on any atom is 0.0462 e. The van der Waals surface area contributed by atoms with Gasteiger partial charge >= 0.3 is 0 Å². The Bertz CT molecular complexity index is 3210. The lowest BCUT2D eigenvalue weighted by atomic mass is 9.94. The molecule has 0 atom stereocenters. The van der Waals surface area contributed by atoms with E-state index in [4.69, 9.17) is 0 Å². The van der Waals surface area contributed by atoms with Gasteiger partial charge in [0, 0.05) is 37.2 Å². The van der Waals surface area contributed by atoms with Crippen molar-refractivity contribution in [3.8, 4) is 33.4 Å². The second kappa shape index (κ2) is 13.4. The van der Waals surface area contributed by atoms with Crippen molar-refractivity contribution in [2.75, 3.05) is 4.90 Å². The van der Waals surface area contributed by atoms with E-state index in [1.54, 1.807) is 0 Å². The highest BCUT2D eigenvalue weighted by Crippen LogP contribution is 2.42. The smallest absolute Gasteiger partial charge is 0.0462 e. The van der Waals surface area contributed by atoms with Crippen LogP contribution in [-0.2, 0) is 0 Å². The molecule has 1 heterocycles. The van der Waals surface area contributed by atoms with E-state index >= 15 is 0 Å². The molecule has 0 amide bonds. The molecule has 0 aliphatic heterocycles. The van der Waals surface area contributed by atoms with Crippen molar-refractivity contribution in [3.63, 3.8) is 0 Å². The molecule has 2 heteroatoms. The minimum atomic E-state index is 1.11. The fourth-order valence-corrected chi connectivity index (χ4v) is 9.64. The molecule has 11 rings (SSSR count). The number of nitrogens with zero attached hydrogens (tertiary/aromatic N) is 1. The summed E-state index contributed by atoms with van der Waals surface area (Å²) in [5, 5.41) is 10.4. The van der Waals surface area contributed by atoms with E-state index in [1.165, 1.54) is 85.9 Å². The van der Waals surface area contributed by atoms with Crippen molar-refractivity contribution in [3.05, 3.63) is 212 Å². The van der Waals surface area contributed by atoms with Crippen LogP contribution in [0.4, 0.5) is 17.1 Å². The highest BCUT2D eigenvalue weighted by atomic mass is 32.1. The largest absolute Gasteiger partial charge is 0.311 e. The van der Waals surface area contributed by atoms with Crippen molar-refractivity contribution >= 4 is 80.9 Å². The van der Waals surface area contributed by atoms with Gasteiger partial charge in [0.2, 0.25) is 0 Å². The van der Waals surface area contributed by atoms with Crippen LogP contribution in [0.2, 0.25) is 0 Å². The maximum atomic E-state index is 2.36. The minimum Gasteiger partial charge on any atom is -0.311 e. The first kappa shape index (κ1) is 32.4. The Hall–Kier alpha value is -7.00. The number of fused-ring (bicyclic) bond motifs is 8. The van der Waals surface area contributed by atoms with E-state index in [2.05, 4.69) is 217 Å². The zero-order valence-corrected chi connectivity index (χ0v) is 31.4. The fraction of sp³-hybridized carbons (Fsp3) is 0. The Kier molecular flexibility index (Phi) is 7.75. The molecule has 0 saturated heterocycles. The summed E-state index contributed by atoms with van der Waals surface area (Å²) in [5.41, 5.74) is 10.6. The molecule has 0 saturated carbocycles. The Morgan fingerprint density at radius 1 is 0.286 bits per heavy atom. The van der Waals surface area contributed by atoms with Crippen molar-refractivity contribution in [1.82, 2.24) is 0 Å². The quantitative estimate of drug-likeness (QED) is 0.154. The summed E-state index contributed by atoms with van der Waals surface area (Å²) in [7, 11) is 0. The van der Waals surface area contributed by atoms with E-state index < -0.39 is 0 Å². The van der Waals surface area contributed by atoms with Gasteiger partial charge in [0.25, 0.3) is 0 Å². The summed E-state index contributed by atoms with van der Waals surface area (Å²) in [5.74, 6) is 0. The van der Waals surface area contributed by atoms with Gasteiger partial charge in [-0.1, -0.05) is 158 Å². The average molecular weight is 730 g/mol. The maximum absolute atomic E-state index is 2.36. The lowest BCUT2D eigenvalue weighted by Gasteiger charge is -2.26. The lowest BCUT2D eigenvalue weighted by Crippen LogP contribution is -2.09. The van der Waals surface area contributed by atoms with Crippen molar-refractivity contribution in [2.24, 2.45) is 0 Å². The molecule has 0 aliphatic rings. The zero-order valence-electron chi connectivity index (χ0n) is 30.6. The van der Waals surface area contributed by atoms with Gasteiger partial charge in [0.05, 0.1) is 0 Å². The number of hydrogen-bond acceptors (Lipinski definition) is 2. The molecule has 0 N–H and O–H groups in total. The van der Waals surface area contributed by atoms with E-state index in [9.17, 15) is 0 Å². The first-order valence-corrected chi connectivity index (χ1v) is 20.0. The van der Waals surface area contributed by atoms with E-state index in [0.29, 0.717) is 0 Å². The van der Waals surface area contributed by atoms with Crippen LogP contribution in [-0.4, -0.2) is 0 Å². The standard InChI is InChI=1S/C54H35NS/c1-2-9-36(10-3-1)37-21-28-44(29-22-37)55(46-32-25-40(26-33-46)48-14-8-16-52-54(48)50-13-6-7-15-51(50)56-52)45-30-23-38(24-31-45)42-27-34-49-43(35-42)20-19-41-18-17-39-11-4-5-12-47(39)53(41)49/h1-35H. The highest BCUT2D eigenvalue weighted by molar-refractivity contribution is 7.25. The van der Waals surface area contributed by atoms with Crippen LogP contribution < -0.4 is 4.90 Å². The number of benzene rings is 10. The number of rotatable bonds is 6. The SMILES string of the molecule is c1ccc(-c2ccc(N(c3ccc(-c4ccc5c(ccc6ccc7ccccc7c65)c4)cc3)c3ccc(-c4cccc5sc6ccccc6c45)cc3)cc2)cc1. The molecule has 0 spiro atoms. The van der Waals surface area contributed by atoms with Crippen molar-refractivity contribution < 1.29 is 0 Å².